The van der Waals surface area contributed by atoms with Gasteiger partial charge in [0.05, 0.1) is 5.54 Å². The summed E-state index contributed by atoms with van der Waals surface area (Å²) in [6, 6.07) is 0. The minimum Gasteiger partial charge on any atom is -0.340 e. The maximum atomic E-state index is 6.38. The Hall–Kier alpha value is -0.900. The van der Waals surface area contributed by atoms with E-state index < -0.39 is 0 Å². The van der Waals surface area contributed by atoms with Gasteiger partial charge in [0.15, 0.2) is 5.82 Å². The summed E-state index contributed by atoms with van der Waals surface area (Å²) >= 11 is 0. The van der Waals surface area contributed by atoms with Crippen LogP contribution < -0.4 is 5.73 Å². The van der Waals surface area contributed by atoms with Crippen LogP contribution in [0.3, 0.4) is 0 Å². The van der Waals surface area contributed by atoms with Gasteiger partial charge in [0.2, 0.25) is 5.89 Å². The maximum absolute atomic E-state index is 6.38. The average Bonchev–Trinajstić information content (AvgIpc) is 2.49. The number of hydrogen-bond acceptors (Lipinski definition) is 4. The summed E-state index contributed by atoms with van der Waals surface area (Å²) in [6.45, 7) is 6.30. The third-order valence-corrected chi connectivity index (χ3v) is 3.24. The highest BCUT2D eigenvalue weighted by Crippen LogP contribution is 2.43. The first-order chi connectivity index (χ1) is 6.91. The van der Waals surface area contributed by atoms with Gasteiger partial charge >= 0.3 is 0 Å². The van der Waals surface area contributed by atoms with Gasteiger partial charge in [-0.05, 0) is 24.7 Å². The highest BCUT2D eigenvalue weighted by molar-refractivity contribution is 5.07. The van der Waals surface area contributed by atoms with Gasteiger partial charge in [-0.3, -0.25) is 0 Å². The SMILES string of the molecule is Cc1nc(C2(N)CCCC(C)(C)C2)no1. The molecule has 1 saturated carbocycles. The molecule has 4 heteroatoms. The molecule has 2 N–H and O–H groups in total. The van der Waals surface area contributed by atoms with Crippen molar-refractivity contribution >= 4 is 0 Å². The summed E-state index contributed by atoms with van der Waals surface area (Å²) in [7, 11) is 0. The molecule has 0 amide bonds. The van der Waals surface area contributed by atoms with E-state index in [1.54, 1.807) is 6.92 Å². The maximum Gasteiger partial charge on any atom is 0.223 e. The second-order valence-electron chi connectivity index (χ2n) is 5.49. The Morgan fingerprint density at radius 2 is 2.07 bits per heavy atom. The highest BCUT2D eigenvalue weighted by Gasteiger charge is 2.41. The van der Waals surface area contributed by atoms with E-state index in [0.717, 1.165) is 19.3 Å². The normalized spacial score (nSPS) is 30.4. The van der Waals surface area contributed by atoms with Crippen molar-refractivity contribution in [2.24, 2.45) is 11.1 Å². The van der Waals surface area contributed by atoms with Gasteiger partial charge in [-0.25, -0.2) is 0 Å². The fraction of sp³-hybridized carbons (Fsp3) is 0.818. The first kappa shape index (κ1) is 10.6. The van der Waals surface area contributed by atoms with Crippen molar-refractivity contribution in [3.8, 4) is 0 Å². The molecule has 1 aromatic heterocycles. The topological polar surface area (TPSA) is 64.9 Å². The molecule has 1 heterocycles. The Labute approximate surface area is 90.2 Å². The van der Waals surface area contributed by atoms with Crippen LogP contribution in [0.1, 0.15) is 51.2 Å². The van der Waals surface area contributed by atoms with Gasteiger partial charge in [-0.15, -0.1) is 0 Å². The summed E-state index contributed by atoms with van der Waals surface area (Å²) in [6.07, 6.45) is 4.24. The molecule has 1 aliphatic rings. The number of aryl methyl sites for hydroxylation is 1. The predicted molar refractivity (Wildman–Crippen MR) is 57.1 cm³/mol. The van der Waals surface area contributed by atoms with Gasteiger partial charge in [-0.2, -0.15) is 4.98 Å². The molecule has 4 nitrogen and oxygen atoms in total. The number of hydrogen-bond donors (Lipinski definition) is 1. The molecular weight excluding hydrogens is 190 g/mol. The number of nitrogens with two attached hydrogens (primary N) is 1. The number of aromatic nitrogens is 2. The van der Waals surface area contributed by atoms with Gasteiger partial charge in [0, 0.05) is 6.92 Å². The summed E-state index contributed by atoms with van der Waals surface area (Å²) in [5.41, 5.74) is 6.27. The highest BCUT2D eigenvalue weighted by atomic mass is 16.5. The van der Waals surface area contributed by atoms with Gasteiger partial charge in [-0.1, -0.05) is 25.4 Å². The molecule has 0 spiro atoms. The minimum atomic E-state index is -0.389. The Bertz CT molecular complexity index is 358. The molecule has 1 aliphatic carbocycles. The number of rotatable bonds is 1. The van der Waals surface area contributed by atoms with E-state index in [0.29, 0.717) is 11.7 Å². The third-order valence-electron chi connectivity index (χ3n) is 3.24. The largest absolute Gasteiger partial charge is 0.340 e. The molecule has 15 heavy (non-hydrogen) atoms. The van der Waals surface area contributed by atoms with Crippen LogP contribution >= 0.6 is 0 Å². The van der Waals surface area contributed by atoms with Crippen molar-refractivity contribution in [2.75, 3.05) is 0 Å². The van der Waals surface area contributed by atoms with Crippen LogP contribution in [-0.2, 0) is 5.54 Å². The fourth-order valence-corrected chi connectivity index (χ4v) is 2.61. The zero-order valence-corrected chi connectivity index (χ0v) is 9.71. The van der Waals surface area contributed by atoms with E-state index in [9.17, 15) is 0 Å². The minimum absolute atomic E-state index is 0.279. The zero-order chi connectivity index (χ0) is 11.1. The van der Waals surface area contributed by atoms with Crippen LogP contribution in [0.4, 0.5) is 0 Å². The van der Waals surface area contributed by atoms with E-state index in [1.165, 1.54) is 6.42 Å². The zero-order valence-electron chi connectivity index (χ0n) is 9.71. The molecule has 84 valence electrons. The van der Waals surface area contributed by atoms with Crippen LogP contribution in [0.5, 0.6) is 0 Å². The lowest BCUT2D eigenvalue weighted by molar-refractivity contribution is 0.142. The van der Waals surface area contributed by atoms with Crippen molar-refractivity contribution in [1.82, 2.24) is 10.1 Å². The molecule has 1 atom stereocenters. The van der Waals surface area contributed by atoms with E-state index in [-0.39, 0.29) is 11.0 Å². The molecule has 0 bridgehead atoms. The van der Waals surface area contributed by atoms with E-state index in [2.05, 4.69) is 24.0 Å². The average molecular weight is 209 g/mol. The standard InChI is InChI=1S/C11H19N3O/c1-8-13-9(14-15-8)11(12)6-4-5-10(2,3)7-11/h4-7,12H2,1-3H3. The summed E-state index contributed by atoms with van der Waals surface area (Å²) in [5, 5.41) is 3.97. The van der Waals surface area contributed by atoms with Gasteiger partial charge in [0.1, 0.15) is 0 Å². The van der Waals surface area contributed by atoms with E-state index in [1.807, 2.05) is 0 Å². The smallest absolute Gasteiger partial charge is 0.223 e. The molecule has 0 saturated heterocycles. The van der Waals surface area contributed by atoms with Crippen molar-refractivity contribution in [3.05, 3.63) is 11.7 Å². The van der Waals surface area contributed by atoms with Crippen molar-refractivity contribution in [3.63, 3.8) is 0 Å². The lowest BCUT2D eigenvalue weighted by Gasteiger charge is -2.40. The van der Waals surface area contributed by atoms with E-state index >= 15 is 0 Å². The monoisotopic (exact) mass is 209 g/mol. The molecule has 1 unspecified atom stereocenters. The van der Waals surface area contributed by atoms with E-state index in [4.69, 9.17) is 10.3 Å². The van der Waals surface area contributed by atoms with Crippen LogP contribution in [0.2, 0.25) is 0 Å². The van der Waals surface area contributed by atoms with Gasteiger partial charge < -0.3 is 10.3 Å². The molecule has 1 aromatic rings. The molecule has 2 rings (SSSR count). The Kier molecular flexibility index (Phi) is 2.34. The first-order valence-corrected chi connectivity index (χ1v) is 5.51. The summed E-state index contributed by atoms with van der Waals surface area (Å²) in [4.78, 5) is 4.27. The Morgan fingerprint density at radius 3 is 2.60 bits per heavy atom. The van der Waals surface area contributed by atoms with Crippen LogP contribution in [0.25, 0.3) is 0 Å². The Balaban J connectivity index is 2.26. The second kappa shape index (κ2) is 3.30. The van der Waals surface area contributed by atoms with Crippen LogP contribution in [-0.4, -0.2) is 10.1 Å². The lowest BCUT2D eigenvalue weighted by atomic mass is 9.68. The lowest BCUT2D eigenvalue weighted by Crippen LogP contribution is -2.45. The number of nitrogens with zero attached hydrogens (tertiary/aromatic N) is 2. The third kappa shape index (κ3) is 2.04. The molecular formula is C11H19N3O. The van der Waals surface area contributed by atoms with Crippen molar-refractivity contribution < 1.29 is 4.52 Å². The Morgan fingerprint density at radius 1 is 1.33 bits per heavy atom. The fourth-order valence-electron chi connectivity index (χ4n) is 2.61. The van der Waals surface area contributed by atoms with Gasteiger partial charge in [0.25, 0.3) is 0 Å². The molecule has 1 fully saturated rings. The summed E-state index contributed by atoms with van der Waals surface area (Å²) in [5.74, 6) is 1.27. The second-order valence-corrected chi connectivity index (χ2v) is 5.49. The molecule has 0 radical (unpaired) electrons. The van der Waals surface area contributed by atoms with Crippen LogP contribution in [0, 0.1) is 12.3 Å². The van der Waals surface area contributed by atoms with Crippen LogP contribution in [0.15, 0.2) is 4.52 Å². The molecule has 0 aromatic carbocycles. The molecule has 0 aliphatic heterocycles. The van der Waals surface area contributed by atoms with Crippen molar-refractivity contribution in [2.45, 2.75) is 52.0 Å². The predicted octanol–water partition coefficient (Wildman–Crippen LogP) is 2.13. The quantitative estimate of drug-likeness (QED) is 0.769. The first-order valence-electron chi connectivity index (χ1n) is 5.51. The van der Waals surface area contributed by atoms with Crippen molar-refractivity contribution in [1.29, 1.82) is 0 Å². The summed E-state index contributed by atoms with van der Waals surface area (Å²) < 4.78 is 5.01.